The number of H-pyrrole nitrogens is 1. The number of alkyl halides is 3. The second-order valence-electron chi connectivity index (χ2n) is 8.16. The molecular weight excluding hydrogens is 466 g/mol. The van der Waals surface area contributed by atoms with Gasteiger partial charge < -0.3 is 10.2 Å². The molecule has 0 fully saturated rings. The number of hydrogen-bond donors (Lipinski definition) is 2. The molecule has 0 saturated carbocycles. The highest BCUT2D eigenvalue weighted by atomic mass is 19.4. The van der Waals surface area contributed by atoms with Crippen molar-refractivity contribution in [1.29, 1.82) is 0 Å². The van der Waals surface area contributed by atoms with Crippen molar-refractivity contribution in [2.75, 3.05) is 24.3 Å². The fraction of sp³-hybridized carbons (Fsp3) is 0.217. The molecule has 2 aromatic carbocycles. The van der Waals surface area contributed by atoms with Crippen LogP contribution in [0.15, 0.2) is 42.7 Å². The second kappa shape index (κ2) is 8.85. The Morgan fingerprint density at radius 1 is 1.14 bits per heavy atom. The first-order valence-corrected chi connectivity index (χ1v) is 10.4. The van der Waals surface area contributed by atoms with Crippen LogP contribution in [0.5, 0.6) is 0 Å². The molecule has 0 radical (unpaired) electrons. The predicted octanol–water partition coefficient (Wildman–Crippen LogP) is 4.75. The summed E-state index contributed by atoms with van der Waals surface area (Å²) in [6.45, 7) is 3.67. The molecule has 4 aromatic rings. The van der Waals surface area contributed by atoms with Gasteiger partial charge >= 0.3 is 6.18 Å². The molecule has 182 valence electrons. The van der Waals surface area contributed by atoms with Gasteiger partial charge in [0.15, 0.2) is 5.82 Å². The highest BCUT2D eigenvalue weighted by molar-refractivity contribution is 6.05. The third-order valence-corrected chi connectivity index (χ3v) is 5.42. The van der Waals surface area contributed by atoms with E-state index in [-0.39, 0.29) is 16.9 Å². The summed E-state index contributed by atoms with van der Waals surface area (Å²) >= 11 is 0. The third kappa shape index (κ3) is 4.72. The molecule has 0 spiro atoms. The maximum absolute atomic E-state index is 14.4. The van der Waals surface area contributed by atoms with Gasteiger partial charge in [-0.2, -0.15) is 18.3 Å². The van der Waals surface area contributed by atoms with Gasteiger partial charge in [0.1, 0.15) is 5.69 Å². The molecule has 0 aliphatic heterocycles. The summed E-state index contributed by atoms with van der Waals surface area (Å²) in [5.41, 5.74) is 1.73. The molecule has 2 N–H and O–H groups in total. The molecule has 8 nitrogen and oxygen atoms in total. The van der Waals surface area contributed by atoms with Crippen molar-refractivity contribution in [1.82, 2.24) is 25.2 Å². The summed E-state index contributed by atoms with van der Waals surface area (Å²) < 4.78 is 55.9. The van der Waals surface area contributed by atoms with Crippen LogP contribution in [0.4, 0.5) is 28.9 Å². The Morgan fingerprint density at radius 2 is 1.89 bits per heavy atom. The Kier molecular flexibility index (Phi) is 6.05. The molecule has 35 heavy (non-hydrogen) atoms. The van der Waals surface area contributed by atoms with Crippen molar-refractivity contribution in [2.24, 2.45) is 0 Å². The number of carbonyl (C=O) groups is 1. The van der Waals surface area contributed by atoms with E-state index in [1.165, 1.54) is 29.7 Å². The van der Waals surface area contributed by atoms with Gasteiger partial charge in [-0.05, 0) is 43.7 Å². The quantitative estimate of drug-likeness (QED) is 0.397. The van der Waals surface area contributed by atoms with Gasteiger partial charge in [-0.3, -0.25) is 9.89 Å². The van der Waals surface area contributed by atoms with Gasteiger partial charge in [0.05, 0.1) is 29.3 Å². The first kappa shape index (κ1) is 23.9. The van der Waals surface area contributed by atoms with Crippen LogP contribution in [0.25, 0.3) is 16.9 Å². The number of nitrogens with zero attached hydrogens (tertiary/aromatic N) is 5. The lowest BCUT2D eigenvalue weighted by molar-refractivity contribution is -0.139. The third-order valence-electron chi connectivity index (χ3n) is 5.42. The number of aromatic amines is 1. The number of aromatic nitrogens is 5. The zero-order valence-electron chi connectivity index (χ0n) is 19.2. The zero-order valence-corrected chi connectivity index (χ0v) is 19.2. The van der Waals surface area contributed by atoms with Crippen LogP contribution in [0.3, 0.4) is 0 Å². The molecule has 0 bridgehead atoms. The van der Waals surface area contributed by atoms with Crippen LogP contribution in [-0.2, 0) is 6.18 Å². The summed E-state index contributed by atoms with van der Waals surface area (Å²) in [5, 5.41) is 17.5. The number of amides is 1. The number of aryl methyl sites for hydroxylation is 2. The fourth-order valence-electron chi connectivity index (χ4n) is 3.53. The number of rotatable bonds is 5. The average Bonchev–Trinajstić information content (AvgIpc) is 3.43. The molecule has 2 aromatic heterocycles. The minimum absolute atomic E-state index is 0.173. The van der Waals surface area contributed by atoms with Gasteiger partial charge in [-0.15, -0.1) is 5.10 Å². The van der Waals surface area contributed by atoms with E-state index in [4.69, 9.17) is 0 Å². The molecular formula is C23H21F4N7O. The van der Waals surface area contributed by atoms with Crippen molar-refractivity contribution < 1.29 is 22.4 Å². The number of benzene rings is 2. The van der Waals surface area contributed by atoms with E-state index in [9.17, 15) is 22.4 Å². The Labute approximate surface area is 197 Å². The van der Waals surface area contributed by atoms with Gasteiger partial charge in [0.25, 0.3) is 5.91 Å². The largest absolute Gasteiger partial charge is 0.419 e. The van der Waals surface area contributed by atoms with E-state index in [1.54, 1.807) is 24.5 Å². The van der Waals surface area contributed by atoms with Crippen LogP contribution in [0.2, 0.25) is 0 Å². The molecule has 4 rings (SSSR count). The maximum atomic E-state index is 14.4. The summed E-state index contributed by atoms with van der Waals surface area (Å²) in [6.07, 6.45) is -1.62. The molecule has 0 aliphatic rings. The number of halogens is 4. The minimum atomic E-state index is -4.93. The number of carbonyl (C=O) groups excluding carboxylic acids is 1. The normalized spacial score (nSPS) is 11.5. The van der Waals surface area contributed by atoms with Crippen LogP contribution < -0.4 is 10.2 Å². The monoisotopic (exact) mass is 487 g/mol. The SMILES string of the molecule is Cc1ccc(C(=O)Nc2cc(N(C)C)c(F)c(C(F)(F)F)c2)cc1-n1cc(-c2cn[nH]c2C)nn1. The van der Waals surface area contributed by atoms with Crippen molar-refractivity contribution in [2.45, 2.75) is 20.0 Å². The van der Waals surface area contributed by atoms with Crippen LogP contribution in [0.1, 0.15) is 27.2 Å². The smallest absolute Gasteiger partial charge is 0.375 e. The van der Waals surface area contributed by atoms with Crippen molar-refractivity contribution >= 4 is 17.3 Å². The standard InChI is InChI=1S/C23H21F4N7O/c1-12-5-6-14(7-19(12)34-11-18(31-32-34)16-10-28-30-13(16)2)22(35)29-15-8-17(23(25,26)27)21(24)20(9-15)33(3)4/h5-11H,1-4H3,(H,28,30)(H,29,35). The van der Waals surface area contributed by atoms with Crippen molar-refractivity contribution in [3.63, 3.8) is 0 Å². The lowest BCUT2D eigenvalue weighted by Crippen LogP contribution is -2.18. The molecule has 0 atom stereocenters. The molecule has 0 saturated heterocycles. The lowest BCUT2D eigenvalue weighted by Gasteiger charge is -2.19. The molecule has 12 heteroatoms. The first-order valence-electron chi connectivity index (χ1n) is 10.4. The number of nitrogens with one attached hydrogen (secondary N) is 2. The number of hydrogen-bond acceptors (Lipinski definition) is 5. The Bertz CT molecular complexity index is 1410. The Morgan fingerprint density at radius 3 is 2.51 bits per heavy atom. The molecule has 0 unspecified atom stereocenters. The summed E-state index contributed by atoms with van der Waals surface area (Å²) in [7, 11) is 2.82. The Balaban J connectivity index is 1.66. The average molecular weight is 487 g/mol. The van der Waals surface area contributed by atoms with Crippen molar-refractivity contribution in [3.05, 3.63) is 70.9 Å². The van der Waals surface area contributed by atoms with E-state index in [0.717, 1.165) is 22.9 Å². The minimum Gasteiger partial charge on any atom is -0.375 e. The number of anilines is 2. The molecule has 0 aliphatic carbocycles. The van der Waals surface area contributed by atoms with Gasteiger partial charge in [0, 0.05) is 36.6 Å². The predicted molar refractivity (Wildman–Crippen MR) is 122 cm³/mol. The van der Waals surface area contributed by atoms with Crippen molar-refractivity contribution in [3.8, 4) is 16.9 Å². The van der Waals surface area contributed by atoms with Crippen LogP contribution in [0, 0.1) is 19.7 Å². The van der Waals surface area contributed by atoms with E-state index in [1.807, 2.05) is 13.8 Å². The second-order valence-corrected chi connectivity index (χ2v) is 8.16. The Hall–Kier alpha value is -4.22. The van der Waals surface area contributed by atoms with E-state index < -0.39 is 23.5 Å². The van der Waals surface area contributed by atoms with Gasteiger partial charge in [-0.1, -0.05) is 11.3 Å². The van der Waals surface area contributed by atoms with Gasteiger partial charge in [0.2, 0.25) is 0 Å². The van der Waals surface area contributed by atoms with Gasteiger partial charge in [-0.25, -0.2) is 9.07 Å². The summed E-state index contributed by atoms with van der Waals surface area (Å²) in [5.74, 6) is -2.07. The zero-order chi connectivity index (χ0) is 25.5. The van der Waals surface area contributed by atoms with E-state index in [0.29, 0.717) is 17.4 Å². The van der Waals surface area contributed by atoms with E-state index in [2.05, 4.69) is 25.8 Å². The van der Waals surface area contributed by atoms with E-state index >= 15 is 0 Å². The molecule has 1 amide bonds. The summed E-state index contributed by atoms with van der Waals surface area (Å²) in [4.78, 5) is 14.1. The molecule has 2 heterocycles. The van der Waals surface area contributed by atoms with Crippen LogP contribution >= 0.6 is 0 Å². The highest BCUT2D eigenvalue weighted by Gasteiger charge is 2.36. The fourth-order valence-corrected chi connectivity index (χ4v) is 3.53. The first-order chi connectivity index (χ1) is 16.5. The topological polar surface area (TPSA) is 91.7 Å². The summed E-state index contributed by atoms with van der Waals surface area (Å²) in [6, 6.07) is 6.49. The highest BCUT2D eigenvalue weighted by Crippen LogP contribution is 2.37. The maximum Gasteiger partial charge on any atom is 0.419 e. The lowest BCUT2D eigenvalue weighted by atomic mass is 10.1. The van der Waals surface area contributed by atoms with Crippen LogP contribution in [-0.4, -0.2) is 45.2 Å².